The number of ether oxygens (including phenoxy) is 2. The quantitative estimate of drug-likeness (QED) is 0.620. The summed E-state index contributed by atoms with van der Waals surface area (Å²) in [6.45, 7) is 0.961. The average Bonchev–Trinajstić information content (AvgIpc) is 2.61. The number of hydrogen-bond donors (Lipinski definition) is 3. The minimum Gasteiger partial charge on any atom is -0.486 e. The molecule has 3 amide bonds. The van der Waals surface area contributed by atoms with E-state index >= 15 is 0 Å². The summed E-state index contributed by atoms with van der Waals surface area (Å²) >= 11 is 2.20. The number of fused-ring (bicyclic) bond motifs is 1. The molecule has 0 bridgehead atoms. The molecule has 3 rings (SSSR count). The molecule has 0 atom stereocenters. The van der Waals surface area contributed by atoms with Gasteiger partial charge >= 0.3 is 6.03 Å². The zero-order chi connectivity index (χ0) is 17.6. The lowest BCUT2D eigenvalue weighted by atomic mass is 10.2. The molecule has 7 nitrogen and oxygen atoms in total. The highest BCUT2D eigenvalue weighted by molar-refractivity contribution is 14.1. The standard InChI is InChI=1S/C17H16IN3O4/c18-11-1-3-12(4-2-11)19-10-16(22)21-17(23)20-13-5-6-14-15(9-13)25-8-7-24-14/h1-6,9,19H,7-8,10H2,(H2,20,21,22,23). The normalized spacial score (nSPS) is 12.2. The van der Waals surface area contributed by atoms with Gasteiger partial charge in [-0.3, -0.25) is 10.1 Å². The molecule has 2 aromatic rings. The van der Waals surface area contributed by atoms with Crippen molar-refractivity contribution in [1.29, 1.82) is 0 Å². The summed E-state index contributed by atoms with van der Waals surface area (Å²) in [7, 11) is 0. The number of hydrogen-bond acceptors (Lipinski definition) is 5. The molecule has 2 aromatic carbocycles. The van der Waals surface area contributed by atoms with E-state index in [0.29, 0.717) is 30.4 Å². The van der Waals surface area contributed by atoms with Gasteiger partial charge in [0.15, 0.2) is 11.5 Å². The number of rotatable bonds is 4. The number of carbonyl (C=O) groups excluding carboxylic acids is 2. The van der Waals surface area contributed by atoms with Crippen LogP contribution in [-0.4, -0.2) is 31.7 Å². The van der Waals surface area contributed by atoms with Gasteiger partial charge in [-0.25, -0.2) is 4.79 Å². The minimum absolute atomic E-state index is 0.00481. The fourth-order valence-corrected chi connectivity index (χ4v) is 2.56. The highest BCUT2D eigenvalue weighted by Crippen LogP contribution is 2.32. The van der Waals surface area contributed by atoms with E-state index in [4.69, 9.17) is 9.47 Å². The molecular formula is C17H16IN3O4. The molecule has 25 heavy (non-hydrogen) atoms. The maximum Gasteiger partial charge on any atom is 0.325 e. The molecule has 1 heterocycles. The van der Waals surface area contributed by atoms with Crippen LogP contribution in [0.1, 0.15) is 0 Å². The summed E-state index contributed by atoms with van der Waals surface area (Å²) in [5.74, 6) is 0.763. The first-order valence-corrected chi connectivity index (χ1v) is 8.68. The second-order valence-electron chi connectivity index (χ2n) is 5.22. The summed E-state index contributed by atoms with van der Waals surface area (Å²) in [5.41, 5.74) is 1.32. The van der Waals surface area contributed by atoms with Crippen LogP contribution in [0.25, 0.3) is 0 Å². The van der Waals surface area contributed by atoms with E-state index in [0.717, 1.165) is 9.26 Å². The molecule has 0 aromatic heterocycles. The molecule has 8 heteroatoms. The number of imide groups is 1. The lowest BCUT2D eigenvalue weighted by Gasteiger charge is -2.19. The molecule has 0 unspecified atom stereocenters. The summed E-state index contributed by atoms with van der Waals surface area (Å²) in [4.78, 5) is 23.7. The van der Waals surface area contributed by atoms with Gasteiger partial charge in [0.2, 0.25) is 5.91 Å². The van der Waals surface area contributed by atoms with E-state index in [9.17, 15) is 9.59 Å². The monoisotopic (exact) mass is 453 g/mol. The van der Waals surface area contributed by atoms with Crippen LogP contribution < -0.4 is 25.4 Å². The molecule has 3 N–H and O–H groups in total. The van der Waals surface area contributed by atoms with Crippen LogP contribution in [0.3, 0.4) is 0 Å². The van der Waals surface area contributed by atoms with Gasteiger partial charge in [-0.15, -0.1) is 0 Å². The largest absolute Gasteiger partial charge is 0.486 e. The molecule has 0 aliphatic carbocycles. The van der Waals surface area contributed by atoms with Crippen LogP contribution in [0.15, 0.2) is 42.5 Å². The topological polar surface area (TPSA) is 88.7 Å². The Labute approximate surface area is 158 Å². The Bertz CT molecular complexity index is 780. The van der Waals surface area contributed by atoms with Gasteiger partial charge in [-0.05, 0) is 59.0 Å². The van der Waals surface area contributed by atoms with E-state index in [-0.39, 0.29) is 6.54 Å². The van der Waals surface area contributed by atoms with E-state index in [2.05, 4.69) is 38.5 Å². The Morgan fingerprint density at radius 3 is 2.40 bits per heavy atom. The maximum absolute atomic E-state index is 11.9. The number of urea groups is 1. The first kappa shape index (κ1) is 17.3. The SMILES string of the molecule is O=C(CNc1ccc(I)cc1)NC(=O)Nc1ccc2c(c1)OCCO2. The highest BCUT2D eigenvalue weighted by atomic mass is 127. The third kappa shape index (κ3) is 4.99. The van der Waals surface area contributed by atoms with E-state index in [1.807, 2.05) is 24.3 Å². The number of nitrogens with one attached hydrogen (secondary N) is 3. The van der Waals surface area contributed by atoms with Crippen molar-refractivity contribution in [3.63, 3.8) is 0 Å². The Morgan fingerprint density at radius 1 is 0.960 bits per heavy atom. The van der Waals surface area contributed by atoms with Crippen LogP contribution in [-0.2, 0) is 4.79 Å². The van der Waals surface area contributed by atoms with Crippen molar-refractivity contribution in [1.82, 2.24) is 5.32 Å². The van der Waals surface area contributed by atoms with Crippen molar-refractivity contribution < 1.29 is 19.1 Å². The molecule has 0 saturated carbocycles. The summed E-state index contributed by atoms with van der Waals surface area (Å²) in [6.07, 6.45) is 0. The predicted octanol–water partition coefficient (Wildman–Crippen LogP) is 2.82. The maximum atomic E-state index is 11.9. The number of amides is 3. The van der Waals surface area contributed by atoms with Gasteiger partial charge in [0, 0.05) is 21.0 Å². The zero-order valence-electron chi connectivity index (χ0n) is 13.2. The van der Waals surface area contributed by atoms with E-state index in [1.165, 1.54) is 0 Å². The van der Waals surface area contributed by atoms with Crippen molar-refractivity contribution >= 4 is 45.9 Å². The van der Waals surface area contributed by atoms with E-state index in [1.54, 1.807) is 18.2 Å². The Kier molecular flexibility index (Phi) is 5.59. The number of anilines is 2. The summed E-state index contributed by atoms with van der Waals surface area (Å²) in [5, 5.41) is 7.81. The van der Waals surface area contributed by atoms with Crippen molar-refractivity contribution in [3.05, 3.63) is 46.0 Å². The fraction of sp³-hybridized carbons (Fsp3) is 0.176. The third-order valence-corrected chi connectivity index (χ3v) is 4.07. The first-order valence-electron chi connectivity index (χ1n) is 7.60. The van der Waals surface area contributed by atoms with Gasteiger partial charge in [0.25, 0.3) is 0 Å². The Hall–Kier alpha value is -2.49. The van der Waals surface area contributed by atoms with Crippen LogP contribution in [0.4, 0.5) is 16.2 Å². The lowest BCUT2D eigenvalue weighted by Crippen LogP contribution is -2.38. The number of benzene rings is 2. The summed E-state index contributed by atoms with van der Waals surface area (Å²) < 4.78 is 12.0. The van der Waals surface area contributed by atoms with Crippen LogP contribution in [0.2, 0.25) is 0 Å². The molecule has 0 radical (unpaired) electrons. The van der Waals surface area contributed by atoms with Gasteiger partial charge in [-0.1, -0.05) is 0 Å². The summed E-state index contributed by atoms with van der Waals surface area (Å²) in [6, 6.07) is 12.0. The first-order chi connectivity index (χ1) is 12.1. The van der Waals surface area contributed by atoms with E-state index < -0.39 is 11.9 Å². The van der Waals surface area contributed by atoms with Crippen LogP contribution in [0.5, 0.6) is 11.5 Å². The Morgan fingerprint density at radius 2 is 1.64 bits per heavy atom. The van der Waals surface area contributed by atoms with Crippen molar-refractivity contribution in [3.8, 4) is 11.5 Å². The highest BCUT2D eigenvalue weighted by Gasteiger charge is 2.13. The number of halogens is 1. The lowest BCUT2D eigenvalue weighted by molar-refractivity contribution is -0.118. The molecular weight excluding hydrogens is 437 g/mol. The third-order valence-electron chi connectivity index (χ3n) is 3.35. The fourth-order valence-electron chi connectivity index (χ4n) is 2.20. The molecule has 1 aliphatic rings. The molecule has 0 spiro atoms. The van der Waals surface area contributed by atoms with Gasteiger partial charge in [0.05, 0.1) is 6.54 Å². The van der Waals surface area contributed by atoms with Gasteiger partial charge in [-0.2, -0.15) is 0 Å². The average molecular weight is 453 g/mol. The van der Waals surface area contributed by atoms with Crippen molar-refractivity contribution in [2.24, 2.45) is 0 Å². The predicted molar refractivity (Wildman–Crippen MR) is 102 cm³/mol. The van der Waals surface area contributed by atoms with Crippen molar-refractivity contribution in [2.75, 3.05) is 30.4 Å². The second-order valence-corrected chi connectivity index (χ2v) is 6.47. The number of carbonyl (C=O) groups is 2. The molecule has 0 saturated heterocycles. The van der Waals surface area contributed by atoms with Crippen LogP contribution >= 0.6 is 22.6 Å². The molecule has 130 valence electrons. The minimum atomic E-state index is -0.605. The Balaban J connectivity index is 1.48. The van der Waals surface area contributed by atoms with Crippen molar-refractivity contribution in [2.45, 2.75) is 0 Å². The van der Waals surface area contributed by atoms with Crippen LogP contribution in [0, 0.1) is 3.57 Å². The second kappa shape index (κ2) is 8.06. The van der Waals surface area contributed by atoms with Gasteiger partial charge < -0.3 is 20.1 Å². The van der Waals surface area contributed by atoms with Gasteiger partial charge in [0.1, 0.15) is 13.2 Å². The molecule has 1 aliphatic heterocycles. The smallest absolute Gasteiger partial charge is 0.325 e. The molecule has 0 fully saturated rings. The zero-order valence-corrected chi connectivity index (χ0v) is 15.3.